The average Bonchev–Trinajstić information content (AvgIpc) is 2.46. The second-order valence-corrected chi connectivity index (χ2v) is 6.69. The molecule has 0 heterocycles. The Labute approximate surface area is 125 Å². The Morgan fingerprint density at radius 3 is 2.47 bits per heavy atom. The standard InChI is InChI=1S/C16H25BrN2/c17-15-9-6-14(7-10-15)12-16(19-18)11-8-13-4-2-1-3-5-13/h6-7,9-10,13,16,19H,1-5,8,11-12,18H2. The predicted octanol–water partition coefficient (Wildman–Crippen LogP) is 4.18. The molecule has 2 rings (SSSR count). The van der Waals surface area contributed by atoms with E-state index in [2.05, 4.69) is 45.6 Å². The second kappa shape index (κ2) is 8.03. The summed E-state index contributed by atoms with van der Waals surface area (Å²) in [5.74, 6) is 6.65. The molecule has 3 heteroatoms. The SMILES string of the molecule is NNC(CCC1CCCCC1)Cc1ccc(Br)cc1. The first kappa shape index (κ1) is 15.0. The zero-order valence-electron chi connectivity index (χ0n) is 11.6. The summed E-state index contributed by atoms with van der Waals surface area (Å²) in [7, 11) is 0. The van der Waals surface area contributed by atoms with E-state index in [0.717, 1.165) is 16.8 Å². The van der Waals surface area contributed by atoms with Crippen molar-refractivity contribution in [2.45, 2.75) is 57.4 Å². The normalized spacial score (nSPS) is 18.4. The third-order valence-corrected chi connectivity index (χ3v) is 4.81. The highest BCUT2D eigenvalue weighted by Crippen LogP contribution is 2.28. The van der Waals surface area contributed by atoms with Crippen LogP contribution in [0.5, 0.6) is 0 Å². The van der Waals surface area contributed by atoms with E-state index in [9.17, 15) is 0 Å². The summed E-state index contributed by atoms with van der Waals surface area (Å²) in [6, 6.07) is 8.96. The number of hydrazine groups is 1. The van der Waals surface area contributed by atoms with Gasteiger partial charge in [0, 0.05) is 10.5 Å². The van der Waals surface area contributed by atoms with E-state index in [0.29, 0.717) is 6.04 Å². The predicted molar refractivity (Wildman–Crippen MR) is 84.8 cm³/mol. The van der Waals surface area contributed by atoms with Gasteiger partial charge in [-0.15, -0.1) is 0 Å². The molecule has 2 nitrogen and oxygen atoms in total. The van der Waals surface area contributed by atoms with Gasteiger partial charge in [-0.2, -0.15) is 0 Å². The van der Waals surface area contributed by atoms with Crippen LogP contribution >= 0.6 is 15.9 Å². The van der Waals surface area contributed by atoms with E-state index in [1.807, 2.05) is 0 Å². The maximum atomic E-state index is 5.71. The topological polar surface area (TPSA) is 38.0 Å². The van der Waals surface area contributed by atoms with Crippen LogP contribution in [-0.2, 0) is 6.42 Å². The van der Waals surface area contributed by atoms with Crippen LogP contribution in [0.1, 0.15) is 50.5 Å². The Balaban J connectivity index is 1.77. The van der Waals surface area contributed by atoms with Crippen molar-refractivity contribution < 1.29 is 0 Å². The van der Waals surface area contributed by atoms with Gasteiger partial charge >= 0.3 is 0 Å². The van der Waals surface area contributed by atoms with Gasteiger partial charge in [0.25, 0.3) is 0 Å². The smallest absolute Gasteiger partial charge is 0.0251 e. The molecular weight excluding hydrogens is 300 g/mol. The first-order valence-corrected chi connectivity index (χ1v) is 8.28. The fourth-order valence-electron chi connectivity index (χ4n) is 3.06. The number of hydrogen-bond donors (Lipinski definition) is 2. The minimum absolute atomic E-state index is 0.406. The van der Waals surface area contributed by atoms with Crippen LogP contribution in [0.4, 0.5) is 0 Å². The van der Waals surface area contributed by atoms with Gasteiger partial charge in [-0.05, 0) is 42.9 Å². The van der Waals surface area contributed by atoms with Gasteiger partial charge in [-0.1, -0.05) is 60.2 Å². The molecule has 106 valence electrons. The molecule has 1 atom stereocenters. The quantitative estimate of drug-likeness (QED) is 0.608. The highest BCUT2D eigenvalue weighted by molar-refractivity contribution is 9.10. The lowest BCUT2D eigenvalue weighted by molar-refractivity contribution is 0.313. The number of halogens is 1. The Morgan fingerprint density at radius 1 is 1.16 bits per heavy atom. The minimum Gasteiger partial charge on any atom is -0.271 e. The van der Waals surface area contributed by atoms with Crippen molar-refractivity contribution in [2.24, 2.45) is 11.8 Å². The van der Waals surface area contributed by atoms with Gasteiger partial charge in [0.05, 0.1) is 0 Å². The van der Waals surface area contributed by atoms with Gasteiger partial charge in [0.15, 0.2) is 0 Å². The van der Waals surface area contributed by atoms with Crippen LogP contribution < -0.4 is 11.3 Å². The van der Waals surface area contributed by atoms with E-state index < -0.39 is 0 Å². The molecule has 0 amide bonds. The second-order valence-electron chi connectivity index (χ2n) is 5.78. The number of benzene rings is 1. The monoisotopic (exact) mass is 324 g/mol. The molecule has 3 N–H and O–H groups in total. The third-order valence-electron chi connectivity index (χ3n) is 4.28. The number of nitrogens with two attached hydrogens (primary N) is 1. The van der Waals surface area contributed by atoms with Crippen molar-refractivity contribution in [3.8, 4) is 0 Å². The van der Waals surface area contributed by atoms with Crippen molar-refractivity contribution >= 4 is 15.9 Å². The maximum Gasteiger partial charge on any atom is 0.0251 e. The van der Waals surface area contributed by atoms with Crippen LogP contribution in [0.3, 0.4) is 0 Å². The van der Waals surface area contributed by atoms with Crippen molar-refractivity contribution in [3.63, 3.8) is 0 Å². The van der Waals surface area contributed by atoms with Crippen molar-refractivity contribution in [1.82, 2.24) is 5.43 Å². The van der Waals surface area contributed by atoms with E-state index in [1.54, 1.807) is 0 Å². The van der Waals surface area contributed by atoms with Crippen molar-refractivity contribution in [2.75, 3.05) is 0 Å². The molecule has 0 bridgehead atoms. The van der Waals surface area contributed by atoms with E-state index in [4.69, 9.17) is 5.84 Å². The number of rotatable bonds is 6. The molecule has 0 saturated heterocycles. The third kappa shape index (κ3) is 5.25. The molecule has 0 radical (unpaired) electrons. The minimum atomic E-state index is 0.406. The maximum absolute atomic E-state index is 5.71. The molecule has 19 heavy (non-hydrogen) atoms. The lowest BCUT2D eigenvalue weighted by Gasteiger charge is -2.24. The molecule has 1 aliphatic rings. The largest absolute Gasteiger partial charge is 0.271 e. The zero-order chi connectivity index (χ0) is 13.5. The summed E-state index contributed by atoms with van der Waals surface area (Å²) >= 11 is 3.47. The summed E-state index contributed by atoms with van der Waals surface area (Å²) in [6.45, 7) is 0. The van der Waals surface area contributed by atoms with Crippen LogP contribution in [0, 0.1) is 5.92 Å². The summed E-state index contributed by atoms with van der Waals surface area (Å²) < 4.78 is 1.13. The molecule has 1 fully saturated rings. The van der Waals surface area contributed by atoms with Gasteiger partial charge in [0.1, 0.15) is 0 Å². The molecule has 1 aromatic rings. The fourth-order valence-corrected chi connectivity index (χ4v) is 3.33. The summed E-state index contributed by atoms with van der Waals surface area (Å²) in [5.41, 5.74) is 4.35. The lowest BCUT2D eigenvalue weighted by atomic mass is 9.84. The van der Waals surface area contributed by atoms with Crippen LogP contribution in [0.2, 0.25) is 0 Å². The van der Waals surface area contributed by atoms with Crippen LogP contribution in [0.15, 0.2) is 28.7 Å². The van der Waals surface area contributed by atoms with E-state index in [-0.39, 0.29) is 0 Å². The summed E-state index contributed by atoms with van der Waals surface area (Å²) in [4.78, 5) is 0. The lowest BCUT2D eigenvalue weighted by Crippen LogP contribution is -2.37. The summed E-state index contributed by atoms with van der Waals surface area (Å²) in [6.07, 6.45) is 10.7. The van der Waals surface area contributed by atoms with Crippen molar-refractivity contribution in [1.29, 1.82) is 0 Å². The fraction of sp³-hybridized carbons (Fsp3) is 0.625. The van der Waals surface area contributed by atoms with Gasteiger partial charge in [0.2, 0.25) is 0 Å². The molecule has 0 aliphatic heterocycles. The highest BCUT2D eigenvalue weighted by Gasteiger charge is 2.16. The van der Waals surface area contributed by atoms with Crippen LogP contribution in [-0.4, -0.2) is 6.04 Å². The highest BCUT2D eigenvalue weighted by atomic mass is 79.9. The average molecular weight is 325 g/mol. The molecule has 1 saturated carbocycles. The molecule has 1 aliphatic carbocycles. The number of hydrogen-bond acceptors (Lipinski definition) is 2. The van der Waals surface area contributed by atoms with Gasteiger partial charge in [-0.3, -0.25) is 11.3 Å². The van der Waals surface area contributed by atoms with E-state index in [1.165, 1.54) is 50.5 Å². The Bertz CT molecular complexity index is 358. The van der Waals surface area contributed by atoms with Gasteiger partial charge in [-0.25, -0.2) is 0 Å². The first-order valence-electron chi connectivity index (χ1n) is 7.48. The molecule has 1 aromatic carbocycles. The number of nitrogens with one attached hydrogen (secondary N) is 1. The Hall–Kier alpha value is -0.380. The van der Waals surface area contributed by atoms with Crippen LogP contribution in [0.25, 0.3) is 0 Å². The van der Waals surface area contributed by atoms with Gasteiger partial charge < -0.3 is 0 Å². The molecule has 1 unspecified atom stereocenters. The molecular formula is C16H25BrN2. The van der Waals surface area contributed by atoms with E-state index >= 15 is 0 Å². The Kier molecular flexibility index (Phi) is 6.35. The zero-order valence-corrected chi connectivity index (χ0v) is 13.2. The summed E-state index contributed by atoms with van der Waals surface area (Å²) in [5, 5.41) is 0. The molecule has 0 spiro atoms. The Morgan fingerprint density at radius 2 is 1.84 bits per heavy atom. The van der Waals surface area contributed by atoms with Crippen molar-refractivity contribution in [3.05, 3.63) is 34.3 Å². The first-order chi connectivity index (χ1) is 9.28. The molecule has 0 aromatic heterocycles.